The molecule has 0 bridgehead atoms. The van der Waals surface area contributed by atoms with Crippen LogP contribution in [-0.2, 0) is 5.41 Å². The largest absolute Gasteiger partial charge is 0.292 e. The van der Waals surface area contributed by atoms with Crippen molar-refractivity contribution < 1.29 is 4.79 Å². The summed E-state index contributed by atoms with van der Waals surface area (Å²) in [5.74, 6) is 0.0226. The van der Waals surface area contributed by atoms with E-state index in [1.54, 1.807) is 0 Å². The highest BCUT2D eigenvalue weighted by Gasteiger charge is 2.50. The van der Waals surface area contributed by atoms with Gasteiger partial charge in [0.25, 0.3) is 0 Å². The predicted molar refractivity (Wildman–Crippen MR) is 106 cm³/mol. The van der Waals surface area contributed by atoms with Crippen LogP contribution < -0.4 is 0 Å². The normalized spacial score (nSPS) is 19.2. The molecule has 2 heteroatoms. The average Bonchev–Trinajstić information content (AvgIpc) is 3.07. The molecular formula is C24H19NO. The molecule has 1 aliphatic heterocycles. The molecule has 1 atom stereocenters. The van der Waals surface area contributed by atoms with Gasteiger partial charge in [-0.3, -0.25) is 9.79 Å². The van der Waals surface area contributed by atoms with Crippen LogP contribution in [0.4, 0.5) is 0 Å². The molecule has 0 aliphatic carbocycles. The van der Waals surface area contributed by atoms with Gasteiger partial charge in [0.15, 0.2) is 5.78 Å². The van der Waals surface area contributed by atoms with Gasteiger partial charge in [0.05, 0.1) is 12.3 Å². The van der Waals surface area contributed by atoms with Crippen molar-refractivity contribution in [2.24, 2.45) is 4.99 Å². The van der Waals surface area contributed by atoms with Gasteiger partial charge in [-0.05, 0) is 16.7 Å². The Kier molecular flexibility index (Phi) is 4.10. The number of ketones is 1. The van der Waals surface area contributed by atoms with Crippen LogP contribution in [-0.4, -0.2) is 18.0 Å². The minimum Gasteiger partial charge on any atom is -0.292 e. The lowest BCUT2D eigenvalue weighted by molar-refractivity contribution is 0.0949. The van der Waals surface area contributed by atoms with Gasteiger partial charge < -0.3 is 0 Å². The zero-order valence-electron chi connectivity index (χ0n) is 14.4. The van der Waals surface area contributed by atoms with Crippen molar-refractivity contribution in [2.45, 2.75) is 5.41 Å². The smallest absolute Gasteiger partial charge is 0.183 e. The number of hydrogen-bond donors (Lipinski definition) is 0. The van der Waals surface area contributed by atoms with Crippen molar-refractivity contribution in [1.29, 1.82) is 0 Å². The third-order valence-corrected chi connectivity index (χ3v) is 4.94. The molecule has 0 saturated carbocycles. The van der Waals surface area contributed by atoms with E-state index in [1.807, 2.05) is 91.0 Å². The molecule has 0 saturated heterocycles. The summed E-state index contributed by atoms with van der Waals surface area (Å²) in [6, 6.07) is 29.2. The van der Waals surface area contributed by atoms with Gasteiger partial charge in [0.1, 0.15) is 5.41 Å². The summed E-state index contributed by atoms with van der Waals surface area (Å²) >= 11 is 0. The molecule has 4 rings (SSSR count). The summed E-state index contributed by atoms with van der Waals surface area (Å²) in [5, 5.41) is 0. The number of benzene rings is 3. The van der Waals surface area contributed by atoms with Crippen molar-refractivity contribution in [3.05, 3.63) is 120 Å². The fourth-order valence-corrected chi connectivity index (χ4v) is 3.72. The van der Waals surface area contributed by atoms with Crippen molar-refractivity contribution in [3.8, 4) is 0 Å². The first-order valence-electron chi connectivity index (χ1n) is 8.68. The molecule has 3 aromatic rings. The van der Waals surface area contributed by atoms with E-state index in [2.05, 4.69) is 6.58 Å². The molecule has 1 heterocycles. The van der Waals surface area contributed by atoms with Crippen LogP contribution in [0, 0.1) is 0 Å². The topological polar surface area (TPSA) is 29.4 Å². The van der Waals surface area contributed by atoms with Gasteiger partial charge in [-0.2, -0.15) is 0 Å². The zero-order chi connectivity index (χ0) is 18.0. The number of Topliss-reactive ketones (excluding diaryl/α,β-unsaturated/α-hetero) is 1. The van der Waals surface area contributed by atoms with Crippen LogP contribution in [0.2, 0.25) is 0 Å². The summed E-state index contributed by atoms with van der Waals surface area (Å²) in [5.41, 5.74) is 3.19. The predicted octanol–water partition coefficient (Wildman–Crippen LogP) is 4.87. The molecule has 0 radical (unpaired) electrons. The maximum Gasteiger partial charge on any atom is 0.183 e. The van der Waals surface area contributed by atoms with E-state index in [1.165, 1.54) is 0 Å². The van der Waals surface area contributed by atoms with Gasteiger partial charge in [0, 0.05) is 5.56 Å². The van der Waals surface area contributed by atoms with E-state index >= 15 is 0 Å². The third kappa shape index (κ3) is 2.42. The van der Waals surface area contributed by atoms with Crippen LogP contribution in [0.25, 0.3) is 0 Å². The second kappa shape index (κ2) is 6.57. The lowest BCUT2D eigenvalue weighted by Gasteiger charge is -2.32. The Labute approximate surface area is 153 Å². The number of carbonyl (C=O) groups is 1. The Balaban J connectivity index is 1.98. The fourth-order valence-electron chi connectivity index (χ4n) is 3.72. The summed E-state index contributed by atoms with van der Waals surface area (Å²) in [6.07, 6.45) is 0. The number of nitrogens with zero attached hydrogens (tertiary/aromatic N) is 1. The molecule has 26 heavy (non-hydrogen) atoms. The molecule has 1 aliphatic rings. The average molecular weight is 337 g/mol. The van der Waals surface area contributed by atoms with Crippen molar-refractivity contribution in [1.82, 2.24) is 0 Å². The Bertz CT molecular complexity index is 974. The lowest BCUT2D eigenvalue weighted by atomic mass is 9.66. The Morgan fingerprint density at radius 3 is 1.96 bits per heavy atom. The molecular weight excluding hydrogens is 318 g/mol. The second-order valence-corrected chi connectivity index (χ2v) is 6.45. The SMILES string of the molecule is C=C1CN=C(c2ccccc2)C1(C(=O)c1ccccc1)c1ccccc1. The van der Waals surface area contributed by atoms with Gasteiger partial charge >= 0.3 is 0 Å². The Morgan fingerprint density at radius 2 is 1.35 bits per heavy atom. The summed E-state index contributed by atoms with van der Waals surface area (Å²) in [4.78, 5) is 18.6. The molecule has 0 aromatic heterocycles. The third-order valence-electron chi connectivity index (χ3n) is 4.94. The maximum absolute atomic E-state index is 13.8. The summed E-state index contributed by atoms with van der Waals surface area (Å²) in [6.45, 7) is 4.73. The van der Waals surface area contributed by atoms with Gasteiger partial charge in [-0.25, -0.2) is 0 Å². The van der Waals surface area contributed by atoms with E-state index in [9.17, 15) is 4.79 Å². The molecule has 0 spiro atoms. The van der Waals surface area contributed by atoms with Gasteiger partial charge in [-0.1, -0.05) is 97.6 Å². The maximum atomic E-state index is 13.8. The Morgan fingerprint density at radius 1 is 0.808 bits per heavy atom. The quantitative estimate of drug-likeness (QED) is 0.493. The van der Waals surface area contributed by atoms with Gasteiger partial charge in [0.2, 0.25) is 0 Å². The Hall–Kier alpha value is -3.26. The minimum atomic E-state index is -0.954. The number of carbonyl (C=O) groups excluding carboxylic acids is 1. The van der Waals surface area contributed by atoms with Crippen LogP contribution in [0.1, 0.15) is 21.5 Å². The summed E-state index contributed by atoms with van der Waals surface area (Å²) < 4.78 is 0. The van der Waals surface area contributed by atoms with Gasteiger partial charge in [-0.15, -0.1) is 0 Å². The number of rotatable bonds is 4. The first-order valence-corrected chi connectivity index (χ1v) is 8.68. The van der Waals surface area contributed by atoms with E-state index < -0.39 is 5.41 Å². The second-order valence-electron chi connectivity index (χ2n) is 6.45. The monoisotopic (exact) mass is 337 g/mol. The lowest BCUT2D eigenvalue weighted by Crippen LogP contribution is -2.43. The standard InChI is InChI=1S/C24H19NO/c1-18-17-25-22(19-11-5-2-6-12-19)24(18,21-15-9-4-10-16-21)23(26)20-13-7-3-8-14-20/h2-16H,1,17H2. The first kappa shape index (κ1) is 16.2. The number of aliphatic imine (C=N–C) groups is 1. The molecule has 3 aromatic carbocycles. The molecule has 0 fully saturated rings. The summed E-state index contributed by atoms with van der Waals surface area (Å²) in [7, 11) is 0. The van der Waals surface area contributed by atoms with E-state index in [4.69, 9.17) is 4.99 Å². The van der Waals surface area contributed by atoms with Crippen LogP contribution >= 0.6 is 0 Å². The van der Waals surface area contributed by atoms with Crippen LogP contribution in [0.3, 0.4) is 0 Å². The highest BCUT2D eigenvalue weighted by molar-refractivity contribution is 6.29. The number of hydrogen-bond acceptors (Lipinski definition) is 2. The van der Waals surface area contributed by atoms with Crippen LogP contribution in [0.15, 0.2) is 108 Å². The van der Waals surface area contributed by atoms with E-state index in [0.717, 1.165) is 22.4 Å². The van der Waals surface area contributed by atoms with Crippen molar-refractivity contribution in [3.63, 3.8) is 0 Å². The van der Waals surface area contributed by atoms with E-state index in [-0.39, 0.29) is 5.78 Å². The molecule has 1 unspecified atom stereocenters. The van der Waals surface area contributed by atoms with Crippen LogP contribution in [0.5, 0.6) is 0 Å². The highest BCUT2D eigenvalue weighted by atomic mass is 16.1. The molecule has 0 amide bonds. The van der Waals surface area contributed by atoms with E-state index in [0.29, 0.717) is 12.1 Å². The zero-order valence-corrected chi connectivity index (χ0v) is 14.4. The van der Waals surface area contributed by atoms with Crippen molar-refractivity contribution >= 4 is 11.5 Å². The first-order chi connectivity index (χ1) is 12.7. The minimum absolute atomic E-state index is 0.0226. The molecule has 126 valence electrons. The fraction of sp³-hybridized carbons (Fsp3) is 0.0833. The van der Waals surface area contributed by atoms with Crippen molar-refractivity contribution in [2.75, 3.05) is 6.54 Å². The highest BCUT2D eigenvalue weighted by Crippen LogP contribution is 2.42. The molecule has 2 nitrogen and oxygen atoms in total. The molecule has 0 N–H and O–H groups in total.